The Morgan fingerprint density at radius 1 is 1.00 bits per heavy atom. The van der Waals surface area contributed by atoms with E-state index >= 15 is 0 Å². The Labute approximate surface area is 162 Å². The van der Waals surface area contributed by atoms with E-state index in [0.29, 0.717) is 17.2 Å². The van der Waals surface area contributed by atoms with E-state index < -0.39 is 0 Å². The third-order valence-corrected chi connectivity index (χ3v) is 4.58. The zero-order valence-corrected chi connectivity index (χ0v) is 15.8. The number of anilines is 1. The number of fused-ring (bicyclic) bond motifs is 1. The second kappa shape index (κ2) is 7.15. The van der Waals surface area contributed by atoms with E-state index in [9.17, 15) is 4.79 Å². The highest BCUT2D eigenvalue weighted by Crippen LogP contribution is 2.28. The van der Waals surface area contributed by atoms with Crippen molar-refractivity contribution in [2.45, 2.75) is 13.8 Å². The second-order valence-corrected chi connectivity index (χ2v) is 6.58. The van der Waals surface area contributed by atoms with E-state index in [1.165, 1.54) is 7.11 Å². The van der Waals surface area contributed by atoms with Gasteiger partial charge in [-0.1, -0.05) is 47.1 Å². The van der Waals surface area contributed by atoms with Crippen LogP contribution in [0.1, 0.15) is 21.5 Å². The molecule has 0 aliphatic carbocycles. The lowest BCUT2D eigenvalue weighted by Crippen LogP contribution is -2.13. The van der Waals surface area contributed by atoms with Gasteiger partial charge in [0.1, 0.15) is 5.75 Å². The number of benzene rings is 3. The number of aromatic nitrogens is 2. The monoisotopic (exact) mass is 373 g/mol. The van der Waals surface area contributed by atoms with Crippen molar-refractivity contribution in [1.29, 1.82) is 0 Å². The lowest BCUT2D eigenvalue weighted by Gasteiger charge is -2.09. The highest BCUT2D eigenvalue weighted by Gasteiger charge is 2.18. The van der Waals surface area contributed by atoms with E-state index in [0.717, 1.165) is 27.5 Å². The molecule has 0 bridgehead atoms. The van der Waals surface area contributed by atoms with E-state index in [-0.39, 0.29) is 11.9 Å². The van der Waals surface area contributed by atoms with Gasteiger partial charge >= 0.3 is 6.01 Å². The summed E-state index contributed by atoms with van der Waals surface area (Å²) in [4.78, 5) is 12.8. The first-order valence-electron chi connectivity index (χ1n) is 8.84. The Morgan fingerprint density at radius 3 is 2.50 bits per heavy atom. The SMILES string of the molecule is COc1cc2ccccc2cc1C(=O)Nc1nnc(-c2cc(C)ccc2C)o1. The van der Waals surface area contributed by atoms with Crippen molar-refractivity contribution in [3.63, 3.8) is 0 Å². The highest BCUT2D eigenvalue weighted by molar-refractivity contribution is 6.07. The highest BCUT2D eigenvalue weighted by atomic mass is 16.5. The summed E-state index contributed by atoms with van der Waals surface area (Å²) in [7, 11) is 1.53. The van der Waals surface area contributed by atoms with Crippen LogP contribution >= 0.6 is 0 Å². The molecule has 1 aromatic heterocycles. The van der Waals surface area contributed by atoms with E-state index in [2.05, 4.69) is 15.5 Å². The van der Waals surface area contributed by atoms with Crippen LogP contribution < -0.4 is 10.1 Å². The van der Waals surface area contributed by atoms with Crippen molar-refractivity contribution in [2.24, 2.45) is 0 Å². The third kappa shape index (κ3) is 3.32. The van der Waals surface area contributed by atoms with Gasteiger partial charge in [0.05, 0.1) is 12.7 Å². The summed E-state index contributed by atoms with van der Waals surface area (Å²) < 4.78 is 11.1. The first-order chi connectivity index (χ1) is 13.5. The lowest BCUT2D eigenvalue weighted by molar-refractivity contribution is 0.102. The van der Waals surface area contributed by atoms with Gasteiger partial charge in [-0.3, -0.25) is 10.1 Å². The van der Waals surface area contributed by atoms with Crippen molar-refractivity contribution in [3.05, 3.63) is 71.3 Å². The summed E-state index contributed by atoms with van der Waals surface area (Å²) >= 11 is 0. The molecule has 0 saturated carbocycles. The van der Waals surface area contributed by atoms with Crippen LogP contribution in [0.3, 0.4) is 0 Å². The van der Waals surface area contributed by atoms with Crippen LogP contribution in [0.15, 0.2) is 59.0 Å². The summed E-state index contributed by atoms with van der Waals surface area (Å²) in [6, 6.07) is 17.4. The van der Waals surface area contributed by atoms with Crippen LogP contribution in [-0.4, -0.2) is 23.2 Å². The first kappa shape index (κ1) is 17.7. The number of carbonyl (C=O) groups is 1. The van der Waals surface area contributed by atoms with Crippen LogP contribution in [0.5, 0.6) is 5.75 Å². The molecular weight excluding hydrogens is 354 g/mol. The van der Waals surface area contributed by atoms with Crippen LogP contribution in [-0.2, 0) is 0 Å². The molecule has 28 heavy (non-hydrogen) atoms. The molecule has 1 heterocycles. The third-order valence-electron chi connectivity index (χ3n) is 4.58. The molecule has 0 aliphatic heterocycles. The zero-order chi connectivity index (χ0) is 19.7. The maximum absolute atomic E-state index is 12.8. The van der Waals surface area contributed by atoms with Crippen LogP contribution in [0, 0.1) is 13.8 Å². The van der Waals surface area contributed by atoms with Crippen molar-refractivity contribution in [3.8, 4) is 17.2 Å². The topological polar surface area (TPSA) is 77.2 Å². The summed E-state index contributed by atoms with van der Waals surface area (Å²) in [6.45, 7) is 3.96. The molecule has 4 rings (SSSR count). The summed E-state index contributed by atoms with van der Waals surface area (Å²) in [5, 5.41) is 12.6. The van der Waals surface area contributed by atoms with Crippen molar-refractivity contribution in [1.82, 2.24) is 10.2 Å². The number of ether oxygens (including phenoxy) is 1. The minimum Gasteiger partial charge on any atom is -0.496 e. The van der Waals surface area contributed by atoms with Crippen molar-refractivity contribution in [2.75, 3.05) is 12.4 Å². The molecule has 140 valence electrons. The average molecular weight is 373 g/mol. The van der Waals surface area contributed by atoms with Gasteiger partial charge in [0, 0.05) is 5.56 Å². The standard InChI is InChI=1S/C22H19N3O3/c1-13-8-9-14(2)17(10-13)21-24-25-22(28-21)23-20(26)18-11-15-6-4-5-7-16(15)12-19(18)27-3/h4-12H,1-3H3,(H,23,25,26). The number of amides is 1. The fourth-order valence-corrected chi connectivity index (χ4v) is 3.08. The molecule has 0 unspecified atom stereocenters. The van der Waals surface area contributed by atoms with Crippen LogP contribution in [0.4, 0.5) is 6.01 Å². The van der Waals surface area contributed by atoms with Gasteiger partial charge in [-0.05, 0) is 48.4 Å². The van der Waals surface area contributed by atoms with Gasteiger partial charge in [-0.25, -0.2) is 0 Å². The number of aryl methyl sites for hydroxylation is 2. The Hall–Kier alpha value is -3.67. The largest absolute Gasteiger partial charge is 0.496 e. The number of nitrogens with zero attached hydrogens (tertiary/aromatic N) is 2. The second-order valence-electron chi connectivity index (χ2n) is 6.58. The van der Waals surface area contributed by atoms with Gasteiger partial charge in [0.25, 0.3) is 5.91 Å². The van der Waals surface area contributed by atoms with E-state index in [1.54, 1.807) is 6.07 Å². The van der Waals surface area contributed by atoms with Crippen molar-refractivity contribution >= 4 is 22.7 Å². The summed E-state index contributed by atoms with van der Waals surface area (Å²) in [6.07, 6.45) is 0. The molecule has 4 aromatic rings. The first-order valence-corrected chi connectivity index (χ1v) is 8.84. The average Bonchev–Trinajstić information content (AvgIpc) is 3.16. The Kier molecular flexibility index (Phi) is 4.53. The number of carbonyl (C=O) groups excluding carboxylic acids is 1. The van der Waals surface area contributed by atoms with Gasteiger partial charge in [0.2, 0.25) is 5.89 Å². The Morgan fingerprint density at radius 2 is 1.75 bits per heavy atom. The fourth-order valence-electron chi connectivity index (χ4n) is 3.08. The van der Waals surface area contributed by atoms with Crippen molar-refractivity contribution < 1.29 is 13.9 Å². The molecule has 0 radical (unpaired) electrons. The molecule has 1 amide bonds. The Bertz CT molecular complexity index is 1180. The van der Waals surface area contributed by atoms with Crippen LogP contribution in [0.2, 0.25) is 0 Å². The number of rotatable bonds is 4. The van der Waals surface area contributed by atoms with Crippen LogP contribution in [0.25, 0.3) is 22.2 Å². The Balaban J connectivity index is 1.63. The van der Waals surface area contributed by atoms with Gasteiger partial charge < -0.3 is 9.15 Å². The lowest BCUT2D eigenvalue weighted by atomic mass is 10.1. The van der Waals surface area contributed by atoms with Gasteiger partial charge in [-0.2, -0.15) is 0 Å². The molecule has 0 saturated heterocycles. The minimum atomic E-state index is -0.376. The maximum Gasteiger partial charge on any atom is 0.322 e. The quantitative estimate of drug-likeness (QED) is 0.558. The molecule has 3 aromatic carbocycles. The normalized spacial score (nSPS) is 10.8. The molecular formula is C22H19N3O3. The molecule has 0 fully saturated rings. The summed E-state index contributed by atoms with van der Waals surface area (Å²) in [5.41, 5.74) is 3.34. The minimum absolute atomic E-state index is 0.0381. The number of methoxy groups -OCH3 is 1. The van der Waals surface area contributed by atoms with Gasteiger partial charge in [-0.15, -0.1) is 5.10 Å². The maximum atomic E-state index is 12.8. The smallest absolute Gasteiger partial charge is 0.322 e. The molecule has 0 atom stereocenters. The molecule has 6 nitrogen and oxygen atoms in total. The molecule has 0 aliphatic rings. The number of hydrogen-bond acceptors (Lipinski definition) is 5. The molecule has 0 spiro atoms. The number of hydrogen-bond donors (Lipinski definition) is 1. The predicted molar refractivity (Wildman–Crippen MR) is 108 cm³/mol. The number of nitrogens with one attached hydrogen (secondary N) is 1. The summed E-state index contributed by atoms with van der Waals surface area (Å²) in [5.74, 6) is 0.464. The molecule has 1 N–H and O–H groups in total. The zero-order valence-electron chi connectivity index (χ0n) is 15.8. The predicted octanol–water partition coefficient (Wildman–Crippen LogP) is 4.77. The van der Waals surface area contributed by atoms with E-state index in [1.807, 2.05) is 62.4 Å². The molecule has 6 heteroatoms. The van der Waals surface area contributed by atoms with E-state index in [4.69, 9.17) is 9.15 Å². The fraction of sp³-hybridized carbons (Fsp3) is 0.136. The van der Waals surface area contributed by atoms with Gasteiger partial charge in [0.15, 0.2) is 0 Å².